The maximum atomic E-state index is 13.4. The van der Waals surface area contributed by atoms with E-state index >= 15 is 0 Å². The molecule has 0 radical (unpaired) electrons. The lowest BCUT2D eigenvalue weighted by Gasteiger charge is -2.31. The highest BCUT2D eigenvalue weighted by molar-refractivity contribution is 6.06. The van der Waals surface area contributed by atoms with Gasteiger partial charge in [-0.1, -0.05) is 85.8 Å². The first-order chi connectivity index (χ1) is 12.8. The van der Waals surface area contributed by atoms with Gasteiger partial charge in [-0.2, -0.15) is 0 Å². The molecule has 130 valence electrons. The first kappa shape index (κ1) is 16.6. The van der Waals surface area contributed by atoms with Crippen molar-refractivity contribution in [3.05, 3.63) is 102 Å². The van der Waals surface area contributed by atoms with E-state index in [2.05, 4.69) is 30.1 Å². The van der Waals surface area contributed by atoms with Crippen molar-refractivity contribution in [1.82, 2.24) is 5.01 Å². The fourth-order valence-electron chi connectivity index (χ4n) is 3.68. The lowest BCUT2D eigenvalue weighted by atomic mass is 9.93. The van der Waals surface area contributed by atoms with Crippen LogP contribution in [-0.4, -0.2) is 17.5 Å². The molecule has 3 aromatic rings. The number of fused-ring (bicyclic) bond motifs is 1. The summed E-state index contributed by atoms with van der Waals surface area (Å²) in [5, 5.41) is 4.00. The van der Waals surface area contributed by atoms with Gasteiger partial charge in [0.2, 0.25) is 0 Å². The summed E-state index contributed by atoms with van der Waals surface area (Å²) < 4.78 is 0. The molecule has 26 heavy (non-hydrogen) atoms. The minimum absolute atomic E-state index is 0.121. The van der Waals surface area contributed by atoms with Crippen LogP contribution >= 0.6 is 0 Å². The molecular formula is C23H22N2O. The number of hydrazine groups is 1. The van der Waals surface area contributed by atoms with Gasteiger partial charge in [-0.25, -0.2) is 10.0 Å². The van der Waals surface area contributed by atoms with Crippen molar-refractivity contribution in [3.63, 3.8) is 0 Å². The highest BCUT2D eigenvalue weighted by Crippen LogP contribution is 2.41. The Bertz CT molecular complexity index is 892. The molecule has 1 aliphatic rings. The standard InChI is InChI=1S/C23H22N2O/c1-2-24(17-18-11-5-3-6-12-18)25-21-16-10-9-15-20(21)22(23(25)26)19-13-7-4-8-14-19/h3-16,22H,2,17H2,1H3/t22-/m1/s1. The summed E-state index contributed by atoms with van der Waals surface area (Å²) in [6.45, 7) is 3.56. The van der Waals surface area contributed by atoms with E-state index < -0.39 is 0 Å². The smallest absolute Gasteiger partial charge is 0.253 e. The lowest BCUT2D eigenvalue weighted by molar-refractivity contribution is -0.121. The molecule has 0 saturated carbocycles. The number of benzene rings is 3. The molecule has 0 saturated heterocycles. The largest absolute Gasteiger partial charge is 0.272 e. The molecule has 1 atom stereocenters. The Kier molecular flexibility index (Phi) is 4.55. The number of carbonyl (C=O) groups is 1. The van der Waals surface area contributed by atoms with Gasteiger partial charge in [-0.15, -0.1) is 0 Å². The summed E-state index contributed by atoms with van der Waals surface area (Å²) >= 11 is 0. The summed E-state index contributed by atoms with van der Waals surface area (Å²) in [6.07, 6.45) is 0. The number of hydrogen-bond donors (Lipinski definition) is 0. The van der Waals surface area contributed by atoms with Crippen LogP contribution in [0.15, 0.2) is 84.9 Å². The van der Waals surface area contributed by atoms with Crippen molar-refractivity contribution in [1.29, 1.82) is 0 Å². The monoisotopic (exact) mass is 342 g/mol. The first-order valence-electron chi connectivity index (χ1n) is 9.06. The van der Waals surface area contributed by atoms with Crippen LogP contribution in [0, 0.1) is 0 Å². The van der Waals surface area contributed by atoms with Crippen molar-refractivity contribution in [2.75, 3.05) is 11.6 Å². The maximum absolute atomic E-state index is 13.4. The number of anilines is 1. The molecule has 0 spiro atoms. The molecule has 1 aliphatic heterocycles. The number of carbonyl (C=O) groups excluding carboxylic acids is 1. The highest BCUT2D eigenvalue weighted by atomic mass is 16.2. The van der Waals surface area contributed by atoms with Gasteiger partial charge in [0.15, 0.2) is 0 Å². The average molecular weight is 342 g/mol. The van der Waals surface area contributed by atoms with Gasteiger partial charge in [0, 0.05) is 13.1 Å². The van der Waals surface area contributed by atoms with E-state index in [4.69, 9.17) is 0 Å². The zero-order chi connectivity index (χ0) is 17.9. The van der Waals surface area contributed by atoms with Crippen LogP contribution in [-0.2, 0) is 11.3 Å². The minimum Gasteiger partial charge on any atom is -0.272 e. The van der Waals surface area contributed by atoms with Crippen molar-refractivity contribution in [2.45, 2.75) is 19.4 Å². The Labute approximate surface area is 154 Å². The van der Waals surface area contributed by atoms with E-state index in [1.807, 2.05) is 71.7 Å². The molecule has 0 unspecified atom stereocenters. The molecule has 0 aliphatic carbocycles. The molecule has 0 aromatic heterocycles. The fraction of sp³-hybridized carbons (Fsp3) is 0.174. The summed E-state index contributed by atoms with van der Waals surface area (Å²) in [4.78, 5) is 13.4. The second-order valence-electron chi connectivity index (χ2n) is 6.52. The van der Waals surface area contributed by atoms with E-state index in [-0.39, 0.29) is 11.8 Å². The first-order valence-corrected chi connectivity index (χ1v) is 9.06. The summed E-state index contributed by atoms with van der Waals surface area (Å²) in [6, 6.07) is 28.5. The number of para-hydroxylation sites is 1. The van der Waals surface area contributed by atoms with Crippen LogP contribution in [0.4, 0.5) is 5.69 Å². The minimum atomic E-state index is -0.239. The van der Waals surface area contributed by atoms with Gasteiger partial charge in [-0.05, 0) is 22.8 Å². The van der Waals surface area contributed by atoms with Gasteiger partial charge >= 0.3 is 0 Å². The topological polar surface area (TPSA) is 23.6 Å². The third-order valence-electron chi connectivity index (χ3n) is 4.92. The van der Waals surface area contributed by atoms with Gasteiger partial charge in [-0.3, -0.25) is 4.79 Å². The van der Waals surface area contributed by atoms with Crippen molar-refractivity contribution in [2.24, 2.45) is 0 Å². The van der Waals surface area contributed by atoms with Crippen LogP contribution in [0.2, 0.25) is 0 Å². The summed E-state index contributed by atoms with van der Waals surface area (Å²) in [5.41, 5.74) is 4.31. The van der Waals surface area contributed by atoms with Crippen LogP contribution < -0.4 is 5.01 Å². The second kappa shape index (κ2) is 7.14. The molecule has 3 nitrogen and oxygen atoms in total. The average Bonchev–Trinajstić information content (AvgIpc) is 2.99. The SMILES string of the molecule is CCN(Cc1ccccc1)N1C(=O)[C@H](c2ccccc2)c2ccccc21. The van der Waals surface area contributed by atoms with Crippen molar-refractivity contribution in [3.8, 4) is 0 Å². The van der Waals surface area contributed by atoms with E-state index in [1.54, 1.807) is 0 Å². The molecular weight excluding hydrogens is 320 g/mol. The van der Waals surface area contributed by atoms with E-state index in [9.17, 15) is 4.79 Å². The van der Waals surface area contributed by atoms with Gasteiger partial charge < -0.3 is 0 Å². The van der Waals surface area contributed by atoms with E-state index in [1.165, 1.54) is 5.56 Å². The molecule has 0 N–H and O–H groups in total. The lowest BCUT2D eigenvalue weighted by Crippen LogP contribution is -2.45. The third-order valence-corrected chi connectivity index (χ3v) is 4.92. The molecule has 0 bridgehead atoms. The Hall–Kier alpha value is -2.91. The Morgan fingerprint density at radius 1 is 0.846 bits per heavy atom. The second-order valence-corrected chi connectivity index (χ2v) is 6.52. The van der Waals surface area contributed by atoms with E-state index in [0.29, 0.717) is 6.54 Å². The molecule has 1 amide bonds. The molecule has 0 fully saturated rings. The molecule has 1 heterocycles. The quantitative estimate of drug-likeness (QED) is 0.676. The van der Waals surface area contributed by atoms with Crippen LogP contribution in [0.1, 0.15) is 29.5 Å². The Morgan fingerprint density at radius 3 is 2.15 bits per heavy atom. The van der Waals surface area contributed by atoms with Crippen LogP contribution in [0.3, 0.4) is 0 Å². The fourth-order valence-corrected chi connectivity index (χ4v) is 3.68. The van der Waals surface area contributed by atoms with Gasteiger partial charge in [0.25, 0.3) is 5.91 Å². The van der Waals surface area contributed by atoms with E-state index in [0.717, 1.165) is 23.4 Å². The highest BCUT2D eigenvalue weighted by Gasteiger charge is 2.40. The van der Waals surface area contributed by atoms with Gasteiger partial charge in [0.05, 0.1) is 11.6 Å². The zero-order valence-corrected chi connectivity index (χ0v) is 14.9. The number of rotatable bonds is 5. The predicted molar refractivity (Wildman–Crippen MR) is 105 cm³/mol. The van der Waals surface area contributed by atoms with Crippen molar-refractivity contribution < 1.29 is 4.79 Å². The number of nitrogens with zero attached hydrogens (tertiary/aromatic N) is 2. The van der Waals surface area contributed by atoms with Gasteiger partial charge in [0.1, 0.15) is 0 Å². The molecule has 4 rings (SSSR count). The number of hydrogen-bond acceptors (Lipinski definition) is 2. The normalized spacial score (nSPS) is 16.2. The third kappa shape index (κ3) is 2.91. The predicted octanol–water partition coefficient (Wildman–Crippen LogP) is 4.60. The summed E-state index contributed by atoms with van der Waals surface area (Å²) in [5.74, 6) is -0.118. The Morgan fingerprint density at radius 2 is 1.46 bits per heavy atom. The molecule has 3 aromatic carbocycles. The number of amides is 1. The van der Waals surface area contributed by atoms with Crippen LogP contribution in [0.5, 0.6) is 0 Å². The molecule has 3 heteroatoms. The zero-order valence-electron chi connectivity index (χ0n) is 14.9. The summed E-state index contributed by atoms with van der Waals surface area (Å²) in [7, 11) is 0. The van der Waals surface area contributed by atoms with Crippen molar-refractivity contribution >= 4 is 11.6 Å². The van der Waals surface area contributed by atoms with Crippen LogP contribution in [0.25, 0.3) is 0 Å². The Balaban J connectivity index is 1.73. The maximum Gasteiger partial charge on any atom is 0.253 e.